The Balaban J connectivity index is 1.39. The van der Waals surface area contributed by atoms with Crippen LogP contribution in [0.25, 0.3) is 43.1 Å². The quantitative estimate of drug-likeness (QED) is 0.0112. The Morgan fingerprint density at radius 2 is 0.905 bits per heavy atom. The molecule has 0 aliphatic carbocycles. The second kappa shape index (κ2) is 17.5. The number of rotatable bonds is 19. The average molecular weight is 912 g/mol. The molecule has 7 rings (SSSR count). The van der Waals surface area contributed by atoms with Gasteiger partial charge in [-0.3, -0.25) is 29.0 Å². The zero-order valence-electron chi connectivity index (χ0n) is 35.5. The Hall–Kier alpha value is -4.37. The lowest BCUT2D eigenvalue weighted by Crippen LogP contribution is -2.46. The molecule has 5 aromatic rings. The van der Waals surface area contributed by atoms with Gasteiger partial charge in [0.15, 0.2) is 0 Å². The highest BCUT2D eigenvalue weighted by molar-refractivity contribution is 8.00. The van der Waals surface area contributed by atoms with Crippen LogP contribution in [0.3, 0.4) is 0 Å². The third-order valence-electron chi connectivity index (χ3n) is 12.9. The number of hydrogen-bond donors (Lipinski definition) is 3. The first-order valence-corrected chi connectivity index (χ1v) is 22.7. The number of imide groups is 2. The smallest absolute Gasteiger partial charge is 0.312 e. The van der Waals surface area contributed by atoms with E-state index in [1.54, 1.807) is 6.92 Å². The molecule has 15 heteroatoms. The maximum Gasteiger partial charge on any atom is 0.417 e. The number of alkyl halides is 6. The summed E-state index contributed by atoms with van der Waals surface area (Å²) in [6.07, 6.45) is 3.05. The Labute approximate surface area is 372 Å². The van der Waals surface area contributed by atoms with E-state index in [9.17, 15) is 19.2 Å². The average Bonchev–Trinajstić information content (AvgIpc) is 3.23. The molecule has 0 bridgehead atoms. The fourth-order valence-electron chi connectivity index (χ4n) is 9.69. The second-order valence-electron chi connectivity index (χ2n) is 17.7. The van der Waals surface area contributed by atoms with E-state index in [1.165, 1.54) is 12.1 Å². The normalized spacial score (nSPS) is 15.9. The molecule has 63 heavy (non-hydrogen) atoms. The number of carbonyl (C=O) groups excluding carboxylic acids is 4. The molecule has 0 saturated heterocycles. The van der Waals surface area contributed by atoms with Crippen molar-refractivity contribution in [1.29, 1.82) is 5.41 Å². The first-order chi connectivity index (χ1) is 29.7. The molecule has 7 nitrogen and oxygen atoms in total. The molecular weight excluding hydrogens is 861 g/mol. The van der Waals surface area contributed by atoms with Crippen molar-refractivity contribution in [3.05, 3.63) is 69.8 Å². The molecule has 1 N–H and O–H groups in total. The van der Waals surface area contributed by atoms with Crippen molar-refractivity contribution >= 4 is 98.2 Å². The van der Waals surface area contributed by atoms with Crippen molar-refractivity contribution in [2.24, 2.45) is 5.41 Å². The standard InChI is InChI=1S/C48H51F6N3O4S2/c1-4-6-8-10-12-14-20-45(3,24-55)25-56-41(58)29-18-16-27-38-34(48(52,53)54)23-32-36-30(42(59)57(44(32)61)26-46(62,63)21-15-13-11-9-7-5-2)19-17-28(40(36)38)37-33(47(49,50)51)22-31(43(56)60)35(29)39(27)37/h16-19,22-24,55,62-63H,4-15,20-21,25-26H2,1-3H3. The number of hydrogen-bond acceptors (Lipinski definition) is 7. The fourth-order valence-corrected chi connectivity index (χ4v) is 10.3. The van der Waals surface area contributed by atoms with E-state index in [1.807, 2.05) is 0 Å². The molecule has 0 saturated carbocycles. The van der Waals surface area contributed by atoms with Crippen molar-refractivity contribution in [2.45, 2.75) is 127 Å². The molecule has 1 unspecified atom stereocenters. The SMILES string of the molecule is CCCCCCCCC(S)(S)CN1C(=O)c2ccc3c4c(C(F)(F)F)cc5c6c(ccc(c7c(C(F)(F)F)cc(c2c37)C1=O)c64)C(=O)N(CC(C)(C=N)CCCCCCCC)C5=O. The monoisotopic (exact) mass is 911 g/mol. The minimum Gasteiger partial charge on any atom is -0.312 e. The summed E-state index contributed by atoms with van der Waals surface area (Å²) in [4.78, 5) is 58.8. The van der Waals surface area contributed by atoms with E-state index in [0.717, 1.165) is 92.4 Å². The zero-order valence-corrected chi connectivity index (χ0v) is 37.3. The van der Waals surface area contributed by atoms with Gasteiger partial charge in [-0.15, -0.1) is 0 Å². The number of fused-ring (bicyclic) bond motifs is 2. The summed E-state index contributed by atoms with van der Waals surface area (Å²) in [5, 5.41) is 5.28. The number of carbonyl (C=O) groups is 4. The van der Waals surface area contributed by atoms with Gasteiger partial charge in [0.25, 0.3) is 23.6 Å². The summed E-state index contributed by atoms with van der Waals surface area (Å²) in [7, 11) is 0. The van der Waals surface area contributed by atoms with Crippen molar-refractivity contribution in [3.63, 3.8) is 0 Å². The van der Waals surface area contributed by atoms with Crippen LogP contribution in [0.15, 0.2) is 36.4 Å². The number of nitrogens with zero attached hydrogens (tertiary/aromatic N) is 2. The van der Waals surface area contributed by atoms with Crippen molar-refractivity contribution in [2.75, 3.05) is 13.1 Å². The van der Waals surface area contributed by atoms with E-state index in [4.69, 9.17) is 5.41 Å². The number of amides is 4. The molecule has 336 valence electrons. The van der Waals surface area contributed by atoms with Crippen molar-refractivity contribution < 1.29 is 45.5 Å². The number of benzene rings is 5. The summed E-state index contributed by atoms with van der Waals surface area (Å²) in [6.45, 7) is 5.26. The van der Waals surface area contributed by atoms with Crippen LogP contribution in [0.1, 0.15) is 163 Å². The van der Waals surface area contributed by atoms with E-state index >= 15 is 26.3 Å². The van der Waals surface area contributed by atoms with E-state index in [2.05, 4.69) is 39.1 Å². The van der Waals surface area contributed by atoms with Crippen molar-refractivity contribution in [3.8, 4) is 0 Å². The van der Waals surface area contributed by atoms with Crippen LogP contribution in [-0.2, 0) is 12.4 Å². The summed E-state index contributed by atoms with van der Waals surface area (Å²) < 4.78 is 91.5. The lowest BCUT2D eigenvalue weighted by molar-refractivity contribution is -0.137. The fraction of sp³-hybridized carbons (Fsp3) is 0.479. The third kappa shape index (κ3) is 8.53. The number of halogens is 6. The first-order valence-electron chi connectivity index (χ1n) is 21.8. The highest BCUT2D eigenvalue weighted by Crippen LogP contribution is 2.53. The van der Waals surface area contributed by atoms with Gasteiger partial charge in [-0.2, -0.15) is 51.6 Å². The van der Waals surface area contributed by atoms with Crippen LogP contribution >= 0.6 is 25.3 Å². The van der Waals surface area contributed by atoms with Crippen molar-refractivity contribution in [1.82, 2.24) is 9.80 Å². The number of nitrogens with one attached hydrogen (secondary N) is 1. The number of unbranched alkanes of at least 4 members (excludes halogenated alkanes) is 10. The first kappa shape index (κ1) is 46.6. The van der Waals surface area contributed by atoms with Gasteiger partial charge in [-0.25, -0.2) is 0 Å². The van der Waals surface area contributed by atoms with Gasteiger partial charge in [0.2, 0.25) is 0 Å². The zero-order chi connectivity index (χ0) is 45.8. The topological polar surface area (TPSA) is 98.6 Å². The molecule has 2 aliphatic rings. The molecule has 0 spiro atoms. The predicted molar refractivity (Wildman–Crippen MR) is 242 cm³/mol. The molecule has 0 radical (unpaired) electrons. The van der Waals surface area contributed by atoms with Crippen LogP contribution in [0.5, 0.6) is 0 Å². The summed E-state index contributed by atoms with van der Waals surface area (Å²) in [5.41, 5.74) is -5.00. The highest BCUT2D eigenvalue weighted by Gasteiger charge is 2.46. The maximum absolute atomic E-state index is 15.5. The minimum absolute atomic E-state index is 0.170. The number of thiol groups is 2. The van der Waals surface area contributed by atoms with E-state index in [0.29, 0.717) is 37.8 Å². The molecular formula is C48H51F6N3O4S2. The molecule has 1 atom stereocenters. The Bertz CT molecular complexity index is 2660. The Morgan fingerprint density at radius 1 is 0.524 bits per heavy atom. The summed E-state index contributed by atoms with van der Waals surface area (Å²) >= 11 is 9.28. The van der Waals surface area contributed by atoms with Gasteiger partial charge in [-0.1, -0.05) is 110 Å². The van der Waals surface area contributed by atoms with Gasteiger partial charge in [0.1, 0.15) is 0 Å². The van der Waals surface area contributed by atoms with Gasteiger partial charge in [0, 0.05) is 62.0 Å². The lowest BCUT2D eigenvalue weighted by Gasteiger charge is -2.36. The molecule has 4 amide bonds. The summed E-state index contributed by atoms with van der Waals surface area (Å²) in [5.74, 6) is -3.81. The van der Waals surface area contributed by atoms with Gasteiger partial charge >= 0.3 is 12.4 Å². The van der Waals surface area contributed by atoms with Crippen LogP contribution < -0.4 is 0 Å². The van der Waals surface area contributed by atoms with Gasteiger partial charge in [0.05, 0.1) is 21.8 Å². The molecule has 5 aromatic carbocycles. The third-order valence-corrected chi connectivity index (χ3v) is 13.7. The Morgan fingerprint density at radius 3 is 1.32 bits per heavy atom. The Kier molecular flexibility index (Phi) is 13.0. The van der Waals surface area contributed by atoms with Gasteiger partial charge in [-0.05, 0) is 58.7 Å². The maximum atomic E-state index is 15.5. The molecule has 0 aromatic heterocycles. The van der Waals surface area contributed by atoms with Crippen LogP contribution in [0.2, 0.25) is 0 Å². The minimum atomic E-state index is -5.16. The van der Waals surface area contributed by atoms with E-state index in [-0.39, 0.29) is 56.5 Å². The largest absolute Gasteiger partial charge is 0.417 e. The van der Waals surface area contributed by atoms with E-state index < -0.39 is 78.5 Å². The predicted octanol–water partition coefficient (Wildman–Crippen LogP) is 13.7. The van der Waals surface area contributed by atoms with Gasteiger partial charge < -0.3 is 5.41 Å². The second-order valence-corrected chi connectivity index (χ2v) is 19.8. The molecule has 2 heterocycles. The summed E-state index contributed by atoms with van der Waals surface area (Å²) in [6, 6.07) is 6.03. The lowest BCUT2D eigenvalue weighted by atomic mass is 9.78. The van der Waals surface area contributed by atoms with Crippen LogP contribution in [-0.4, -0.2) is 56.8 Å². The highest BCUT2D eigenvalue weighted by atomic mass is 32.2. The van der Waals surface area contributed by atoms with Crippen LogP contribution in [0, 0.1) is 10.8 Å². The van der Waals surface area contributed by atoms with Crippen LogP contribution in [0.4, 0.5) is 26.3 Å². The molecule has 2 aliphatic heterocycles. The molecule has 0 fully saturated rings.